The van der Waals surface area contributed by atoms with E-state index in [0.29, 0.717) is 5.84 Å². The highest BCUT2D eigenvalue weighted by Crippen LogP contribution is 1.90. The van der Waals surface area contributed by atoms with E-state index in [1.54, 1.807) is 0 Å². The molecule has 0 unspecified atom stereocenters. The first-order chi connectivity index (χ1) is 6.18. The molecule has 0 aliphatic heterocycles. The molecule has 0 heterocycles. The molecule has 0 aromatic heterocycles. The van der Waals surface area contributed by atoms with Gasteiger partial charge in [-0.2, -0.15) is 5.26 Å². The van der Waals surface area contributed by atoms with Gasteiger partial charge in [0.15, 0.2) is 0 Å². The fourth-order valence-corrected chi connectivity index (χ4v) is 0.623. The van der Waals surface area contributed by atoms with Gasteiger partial charge < -0.3 is 5.73 Å². The number of nitrogens with zero attached hydrogens (tertiary/aromatic N) is 1. The summed E-state index contributed by atoms with van der Waals surface area (Å²) in [4.78, 5) is 0. The summed E-state index contributed by atoms with van der Waals surface area (Å²) in [5, 5.41) is 14.7. The van der Waals surface area contributed by atoms with E-state index in [2.05, 4.69) is 19.9 Å². The molecular weight excluding hydrogens is 198 g/mol. The standard InChI is InChI=1S/C5H12N2.C5H9N.ClH/c1-2-3-4-5(6)7;1-2-3-4-5-6;/h2-4H2,1H3,(H3,6,7);2-4H2,1H3;1H. The molecule has 0 aromatic rings. The van der Waals surface area contributed by atoms with Gasteiger partial charge in [-0.1, -0.05) is 26.7 Å². The van der Waals surface area contributed by atoms with E-state index in [-0.39, 0.29) is 12.4 Å². The zero-order valence-corrected chi connectivity index (χ0v) is 9.99. The Kier molecular flexibility index (Phi) is 24.5. The molecule has 14 heavy (non-hydrogen) atoms. The van der Waals surface area contributed by atoms with Gasteiger partial charge in [0.2, 0.25) is 0 Å². The zero-order chi connectivity index (χ0) is 10.5. The highest BCUT2D eigenvalue weighted by molar-refractivity contribution is 5.85. The second kappa shape index (κ2) is 18.1. The van der Waals surface area contributed by atoms with Gasteiger partial charge in [0.1, 0.15) is 0 Å². The van der Waals surface area contributed by atoms with Crippen LogP contribution in [0, 0.1) is 16.7 Å². The first-order valence-corrected chi connectivity index (χ1v) is 4.88. The highest BCUT2D eigenvalue weighted by atomic mass is 35.5. The van der Waals surface area contributed by atoms with Gasteiger partial charge in [-0.15, -0.1) is 12.4 Å². The Balaban J connectivity index is -0.000000163. The number of nitrogens with two attached hydrogens (primary N) is 1. The van der Waals surface area contributed by atoms with Gasteiger partial charge >= 0.3 is 0 Å². The monoisotopic (exact) mass is 219 g/mol. The fourth-order valence-electron chi connectivity index (χ4n) is 0.623. The van der Waals surface area contributed by atoms with Crippen LogP contribution < -0.4 is 5.73 Å². The minimum Gasteiger partial charge on any atom is -0.388 e. The number of hydrogen-bond acceptors (Lipinski definition) is 2. The predicted octanol–water partition coefficient (Wildman–Crippen LogP) is 3.23. The number of hydrogen-bond donors (Lipinski definition) is 2. The molecule has 0 radical (unpaired) electrons. The molecule has 0 saturated carbocycles. The molecule has 0 amide bonds. The van der Waals surface area contributed by atoms with Crippen molar-refractivity contribution in [2.75, 3.05) is 0 Å². The maximum Gasteiger partial charge on any atom is 0.0905 e. The molecule has 0 bridgehead atoms. The molecule has 0 rings (SSSR count). The lowest BCUT2D eigenvalue weighted by atomic mass is 10.2. The average molecular weight is 220 g/mol. The van der Waals surface area contributed by atoms with Crippen LogP contribution in [0.25, 0.3) is 0 Å². The molecule has 0 aliphatic rings. The Morgan fingerprint density at radius 3 is 1.93 bits per heavy atom. The van der Waals surface area contributed by atoms with Crippen molar-refractivity contribution in [2.24, 2.45) is 5.73 Å². The molecule has 0 saturated heterocycles. The van der Waals surface area contributed by atoms with E-state index >= 15 is 0 Å². The molecular formula is C10H22ClN3. The molecule has 0 aromatic carbocycles. The number of nitrogens with one attached hydrogen (secondary N) is 1. The Labute approximate surface area is 93.6 Å². The van der Waals surface area contributed by atoms with Crippen LogP contribution in [0.1, 0.15) is 52.4 Å². The number of unbranched alkanes of at least 4 members (excludes halogenated alkanes) is 3. The van der Waals surface area contributed by atoms with E-state index in [4.69, 9.17) is 16.4 Å². The third kappa shape index (κ3) is 30.3. The topological polar surface area (TPSA) is 73.7 Å². The second-order valence-corrected chi connectivity index (χ2v) is 2.89. The van der Waals surface area contributed by atoms with E-state index in [1.807, 2.05) is 0 Å². The third-order valence-electron chi connectivity index (χ3n) is 1.44. The lowest BCUT2D eigenvalue weighted by molar-refractivity contribution is 0.822. The van der Waals surface area contributed by atoms with Gasteiger partial charge in [-0.3, -0.25) is 5.41 Å². The van der Waals surface area contributed by atoms with Gasteiger partial charge in [-0.05, 0) is 12.8 Å². The summed E-state index contributed by atoms with van der Waals surface area (Å²) in [5.74, 6) is 0.307. The predicted molar refractivity (Wildman–Crippen MR) is 63.8 cm³/mol. The summed E-state index contributed by atoms with van der Waals surface area (Å²) in [6, 6.07) is 2.07. The first-order valence-electron chi connectivity index (χ1n) is 4.88. The Morgan fingerprint density at radius 1 is 1.29 bits per heavy atom. The van der Waals surface area contributed by atoms with E-state index in [0.717, 1.165) is 38.5 Å². The van der Waals surface area contributed by atoms with E-state index in [1.165, 1.54) is 0 Å². The van der Waals surface area contributed by atoms with Crippen LogP contribution in [-0.2, 0) is 0 Å². The molecule has 0 fully saturated rings. The van der Waals surface area contributed by atoms with Gasteiger partial charge in [0.25, 0.3) is 0 Å². The minimum atomic E-state index is 0. The Bertz CT molecular complexity index is 152. The highest BCUT2D eigenvalue weighted by Gasteiger charge is 1.83. The quantitative estimate of drug-likeness (QED) is 0.423. The van der Waals surface area contributed by atoms with Crippen molar-refractivity contribution < 1.29 is 0 Å². The van der Waals surface area contributed by atoms with Crippen LogP contribution in [0.5, 0.6) is 0 Å². The number of halogens is 1. The van der Waals surface area contributed by atoms with E-state index < -0.39 is 0 Å². The van der Waals surface area contributed by atoms with Gasteiger partial charge in [-0.25, -0.2) is 0 Å². The summed E-state index contributed by atoms with van der Waals surface area (Å²) in [5.41, 5.74) is 5.06. The van der Waals surface area contributed by atoms with Crippen LogP contribution in [0.2, 0.25) is 0 Å². The second-order valence-electron chi connectivity index (χ2n) is 2.89. The smallest absolute Gasteiger partial charge is 0.0905 e. The molecule has 0 spiro atoms. The maximum atomic E-state index is 7.95. The summed E-state index contributed by atoms with van der Waals surface area (Å²) < 4.78 is 0. The largest absolute Gasteiger partial charge is 0.388 e. The normalized spacial score (nSPS) is 7.50. The van der Waals surface area contributed by atoms with E-state index in [9.17, 15) is 0 Å². The molecule has 84 valence electrons. The van der Waals surface area contributed by atoms with Crippen molar-refractivity contribution in [3.8, 4) is 6.07 Å². The molecule has 3 nitrogen and oxygen atoms in total. The number of amidine groups is 1. The van der Waals surface area contributed by atoms with Crippen LogP contribution in [-0.4, -0.2) is 5.84 Å². The summed E-state index contributed by atoms with van der Waals surface area (Å²) >= 11 is 0. The van der Waals surface area contributed by atoms with Crippen LogP contribution in [0.15, 0.2) is 0 Å². The first kappa shape index (κ1) is 18.9. The average Bonchev–Trinajstić information content (AvgIpc) is 2.12. The minimum absolute atomic E-state index is 0. The van der Waals surface area contributed by atoms with Crippen molar-refractivity contribution in [2.45, 2.75) is 52.4 Å². The third-order valence-corrected chi connectivity index (χ3v) is 1.44. The molecule has 3 N–H and O–H groups in total. The van der Waals surface area contributed by atoms with Crippen LogP contribution in [0.3, 0.4) is 0 Å². The number of rotatable bonds is 5. The Morgan fingerprint density at radius 2 is 1.79 bits per heavy atom. The number of nitriles is 1. The summed E-state index contributed by atoms with van der Waals surface area (Å²) in [6.07, 6.45) is 5.84. The van der Waals surface area contributed by atoms with Gasteiger partial charge in [0, 0.05) is 12.8 Å². The Hall–Kier alpha value is -0.750. The summed E-state index contributed by atoms with van der Waals surface area (Å²) in [7, 11) is 0. The fraction of sp³-hybridized carbons (Fsp3) is 0.800. The van der Waals surface area contributed by atoms with Crippen molar-refractivity contribution in [3.63, 3.8) is 0 Å². The lowest BCUT2D eigenvalue weighted by Gasteiger charge is -1.90. The van der Waals surface area contributed by atoms with Crippen LogP contribution >= 0.6 is 12.4 Å². The van der Waals surface area contributed by atoms with Crippen molar-refractivity contribution in [1.29, 1.82) is 10.7 Å². The van der Waals surface area contributed by atoms with Crippen molar-refractivity contribution >= 4 is 18.2 Å². The molecule has 0 atom stereocenters. The van der Waals surface area contributed by atoms with Gasteiger partial charge in [0.05, 0.1) is 11.9 Å². The van der Waals surface area contributed by atoms with Crippen molar-refractivity contribution in [3.05, 3.63) is 0 Å². The van der Waals surface area contributed by atoms with Crippen LogP contribution in [0.4, 0.5) is 0 Å². The molecule has 4 heteroatoms. The van der Waals surface area contributed by atoms with Crippen molar-refractivity contribution in [1.82, 2.24) is 0 Å². The molecule has 0 aliphatic carbocycles. The maximum absolute atomic E-state index is 7.95. The lowest BCUT2D eigenvalue weighted by Crippen LogP contribution is -2.07. The zero-order valence-electron chi connectivity index (χ0n) is 9.18. The summed E-state index contributed by atoms with van der Waals surface area (Å²) in [6.45, 7) is 4.17. The SMILES string of the molecule is CCCCC#N.CCCCC(=N)N.Cl.